The first kappa shape index (κ1) is 30.3. The summed E-state index contributed by atoms with van der Waals surface area (Å²) in [5, 5.41) is 2.35. The van der Waals surface area contributed by atoms with Gasteiger partial charge >= 0.3 is 0 Å². The Morgan fingerprint density at radius 3 is 2.02 bits per heavy atom. The molecule has 1 aliphatic rings. The van der Waals surface area contributed by atoms with Gasteiger partial charge in [-0.25, -0.2) is 0 Å². The Labute approximate surface area is 282 Å². The average molecular weight is 618 g/mol. The van der Waals surface area contributed by atoms with Crippen molar-refractivity contribution in [1.82, 2.24) is 0 Å². The van der Waals surface area contributed by atoms with E-state index in [9.17, 15) is 0 Å². The van der Waals surface area contributed by atoms with Crippen molar-refractivity contribution in [2.75, 3.05) is 4.90 Å². The highest BCUT2D eigenvalue weighted by atomic mass is 16.5. The van der Waals surface area contributed by atoms with Crippen molar-refractivity contribution in [1.29, 1.82) is 0 Å². The smallest absolute Gasteiger partial charge is 0.142 e. The molecule has 7 rings (SSSR count). The first-order valence-electron chi connectivity index (χ1n) is 16.1. The molecule has 2 heteroatoms. The van der Waals surface area contributed by atoms with Crippen molar-refractivity contribution in [2.45, 2.75) is 0 Å². The third kappa shape index (κ3) is 6.33. The molecule has 2 nitrogen and oxygen atoms in total. The van der Waals surface area contributed by atoms with E-state index in [1.54, 1.807) is 6.26 Å². The molecule has 1 heterocycles. The molecule has 0 aliphatic carbocycles. The lowest BCUT2D eigenvalue weighted by molar-refractivity contribution is 0.478. The lowest BCUT2D eigenvalue weighted by Gasteiger charge is -2.24. The molecule has 0 unspecified atom stereocenters. The van der Waals surface area contributed by atoms with Gasteiger partial charge in [-0.15, -0.1) is 0 Å². The predicted octanol–water partition coefficient (Wildman–Crippen LogP) is 12.6. The molecule has 230 valence electrons. The van der Waals surface area contributed by atoms with Gasteiger partial charge in [0.1, 0.15) is 5.75 Å². The van der Waals surface area contributed by atoms with E-state index in [1.165, 1.54) is 27.5 Å². The monoisotopic (exact) mass is 617 g/mol. The maximum Gasteiger partial charge on any atom is 0.142 e. The van der Waals surface area contributed by atoms with Crippen molar-refractivity contribution in [3.63, 3.8) is 0 Å². The summed E-state index contributed by atoms with van der Waals surface area (Å²) in [5.41, 5.74) is 10.7. The molecule has 0 saturated carbocycles. The fourth-order valence-electron chi connectivity index (χ4n) is 6.10. The molecule has 6 aromatic carbocycles. The van der Waals surface area contributed by atoms with E-state index in [-0.39, 0.29) is 0 Å². The Kier molecular flexibility index (Phi) is 8.80. The van der Waals surface area contributed by atoms with Crippen LogP contribution < -0.4 is 9.64 Å². The minimum atomic E-state index is 0.764. The second kappa shape index (κ2) is 13.9. The van der Waals surface area contributed by atoms with Crippen LogP contribution in [0.5, 0.6) is 5.75 Å². The van der Waals surface area contributed by atoms with Crippen LogP contribution in [0.25, 0.3) is 44.2 Å². The molecule has 1 aliphatic heterocycles. The van der Waals surface area contributed by atoms with Gasteiger partial charge in [0.15, 0.2) is 0 Å². The van der Waals surface area contributed by atoms with Crippen molar-refractivity contribution < 1.29 is 4.74 Å². The minimum Gasteiger partial charge on any atom is -0.464 e. The molecule has 0 spiro atoms. The Morgan fingerprint density at radius 1 is 0.625 bits per heavy atom. The quantitative estimate of drug-likeness (QED) is 0.158. The summed E-state index contributed by atoms with van der Waals surface area (Å²) >= 11 is 0. The number of benzene rings is 6. The Balaban J connectivity index is 1.28. The summed E-state index contributed by atoms with van der Waals surface area (Å²) in [4.78, 5) is 2.25. The van der Waals surface area contributed by atoms with Crippen molar-refractivity contribution in [2.24, 2.45) is 0 Å². The van der Waals surface area contributed by atoms with E-state index in [2.05, 4.69) is 152 Å². The zero-order valence-corrected chi connectivity index (χ0v) is 26.7. The van der Waals surface area contributed by atoms with Gasteiger partial charge in [0, 0.05) is 28.4 Å². The van der Waals surface area contributed by atoms with Gasteiger partial charge < -0.3 is 9.64 Å². The fourth-order valence-corrected chi connectivity index (χ4v) is 6.10. The molecule has 0 N–H and O–H groups in total. The molecule has 0 radical (unpaired) electrons. The summed E-state index contributed by atoms with van der Waals surface area (Å²) in [6, 6.07) is 49.1. The Hall–Kier alpha value is -6.38. The molecule has 0 atom stereocenters. The number of allylic oxidation sites excluding steroid dienone is 8. The van der Waals surface area contributed by atoms with Gasteiger partial charge in [-0.1, -0.05) is 159 Å². The molecule has 0 aromatic heterocycles. The van der Waals surface area contributed by atoms with E-state index in [4.69, 9.17) is 4.74 Å². The van der Waals surface area contributed by atoms with Crippen molar-refractivity contribution >= 4 is 33.3 Å². The lowest BCUT2D eigenvalue weighted by Crippen LogP contribution is -2.09. The Morgan fingerprint density at radius 2 is 1.27 bits per heavy atom. The van der Waals surface area contributed by atoms with Gasteiger partial charge in [0.05, 0.1) is 11.9 Å². The third-order valence-corrected chi connectivity index (χ3v) is 8.54. The van der Waals surface area contributed by atoms with E-state index < -0.39 is 0 Å². The SMILES string of the molecule is C=C/C=C(\C=C/N(c1ccc(-c2ccc(-c3ccccc3)cc2)cc1)c1cccc2ccccc12)c1cccc2c1O/C=C\C=C/C2=C. The normalized spacial score (nSPS) is 14.1. The molecule has 0 fully saturated rings. The largest absolute Gasteiger partial charge is 0.464 e. The lowest BCUT2D eigenvalue weighted by atomic mass is 9.96. The van der Waals surface area contributed by atoms with Gasteiger partial charge in [0.25, 0.3) is 0 Å². The summed E-state index contributed by atoms with van der Waals surface area (Å²) in [6.07, 6.45) is 15.6. The van der Waals surface area contributed by atoms with Crippen LogP contribution in [0.4, 0.5) is 11.4 Å². The highest BCUT2D eigenvalue weighted by Crippen LogP contribution is 2.38. The summed E-state index contributed by atoms with van der Waals surface area (Å²) in [7, 11) is 0. The number of rotatable bonds is 8. The van der Waals surface area contributed by atoms with Crippen LogP contribution in [0.2, 0.25) is 0 Å². The molecular weight excluding hydrogens is 583 g/mol. The second-order valence-electron chi connectivity index (χ2n) is 11.5. The number of para-hydroxylation sites is 1. The molecule has 48 heavy (non-hydrogen) atoms. The second-order valence-corrected chi connectivity index (χ2v) is 11.5. The first-order chi connectivity index (χ1) is 23.7. The van der Waals surface area contributed by atoms with Crippen LogP contribution in [0, 0.1) is 0 Å². The van der Waals surface area contributed by atoms with Crippen LogP contribution in [-0.4, -0.2) is 0 Å². The average Bonchev–Trinajstić information content (AvgIpc) is 3.14. The maximum atomic E-state index is 6.16. The van der Waals surface area contributed by atoms with Crippen LogP contribution in [0.3, 0.4) is 0 Å². The van der Waals surface area contributed by atoms with Gasteiger partial charge in [-0.05, 0) is 69.1 Å². The third-order valence-electron chi connectivity index (χ3n) is 8.54. The summed E-state index contributed by atoms with van der Waals surface area (Å²) in [5.74, 6) is 0.764. The zero-order valence-electron chi connectivity index (χ0n) is 26.7. The van der Waals surface area contributed by atoms with Gasteiger partial charge in [0.2, 0.25) is 0 Å². The van der Waals surface area contributed by atoms with E-state index >= 15 is 0 Å². The van der Waals surface area contributed by atoms with Gasteiger partial charge in [-0.2, -0.15) is 0 Å². The number of fused-ring (bicyclic) bond motifs is 2. The maximum absolute atomic E-state index is 6.16. The van der Waals surface area contributed by atoms with Gasteiger partial charge in [-0.3, -0.25) is 0 Å². The van der Waals surface area contributed by atoms with Crippen LogP contribution in [0.15, 0.2) is 202 Å². The predicted molar refractivity (Wildman–Crippen MR) is 205 cm³/mol. The Bertz CT molecular complexity index is 2210. The molecule has 0 amide bonds. The number of hydrogen-bond donors (Lipinski definition) is 0. The fraction of sp³-hybridized carbons (Fsp3) is 0. The zero-order chi connectivity index (χ0) is 32.7. The number of hydrogen-bond acceptors (Lipinski definition) is 2. The molecule has 0 saturated heterocycles. The van der Waals surface area contributed by atoms with E-state index in [0.717, 1.165) is 45.0 Å². The van der Waals surface area contributed by atoms with Crippen molar-refractivity contribution in [3.8, 4) is 28.0 Å². The van der Waals surface area contributed by atoms with E-state index in [1.807, 2.05) is 48.6 Å². The molecule has 6 aromatic rings. The molecule has 0 bridgehead atoms. The number of ether oxygens (including phenoxy) is 1. The number of nitrogens with zero attached hydrogens (tertiary/aromatic N) is 1. The van der Waals surface area contributed by atoms with Crippen LogP contribution in [-0.2, 0) is 0 Å². The molecular formula is C46H35NO. The van der Waals surface area contributed by atoms with E-state index in [0.29, 0.717) is 0 Å². The summed E-state index contributed by atoms with van der Waals surface area (Å²) in [6.45, 7) is 8.29. The van der Waals surface area contributed by atoms with Crippen LogP contribution in [0.1, 0.15) is 11.1 Å². The number of anilines is 2. The summed E-state index contributed by atoms with van der Waals surface area (Å²) < 4.78 is 6.16. The van der Waals surface area contributed by atoms with Crippen LogP contribution >= 0.6 is 0 Å². The highest BCUT2D eigenvalue weighted by Gasteiger charge is 2.16. The highest BCUT2D eigenvalue weighted by molar-refractivity contribution is 5.97. The first-order valence-corrected chi connectivity index (χ1v) is 16.1. The van der Waals surface area contributed by atoms with Crippen molar-refractivity contribution in [3.05, 3.63) is 213 Å². The minimum absolute atomic E-state index is 0.764. The standard InChI is InChI=1S/C46H35NO/c1-3-13-39(44-21-12-20-42-34(2)14-9-10-33-48-46(42)44)31-32-47(45-22-11-18-40-17-7-8-19-43(40)45)41-29-27-38(28-30-41)37-25-23-36(24-26-37)35-15-5-4-6-16-35/h3-33H,1-2H2/b14-9-,32-31-,33-10-,39-13+. The topological polar surface area (TPSA) is 12.5 Å².